The van der Waals surface area contributed by atoms with Crippen LogP contribution in [0.5, 0.6) is 0 Å². The molecule has 90 valence electrons. The van der Waals surface area contributed by atoms with E-state index in [0.29, 0.717) is 18.0 Å². The van der Waals surface area contributed by atoms with Crippen LogP contribution >= 0.6 is 0 Å². The van der Waals surface area contributed by atoms with Crippen LogP contribution in [0.4, 0.5) is 0 Å². The lowest BCUT2D eigenvalue weighted by atomic mass is 9.91. The lowest BCUT2D eigenvalue weighted by Gasteiger charge is -2.43. The van der Waals surface area contributed by atoms with Crippen LogP contribution in [-0.2, 0) is 0 Å². The third kappa shape index (κ3) is 1.73. The van der Waals surface area contributed by atoms with Crippen molar-refractivity contribution in [2.75, 3.05) is 0 Å². The summed E-state index contributed by atoms with van der Waals surface area (Å²) >= 11 is 0. The standard InChI is InChI=1S/C16H21N/c1-16(2,3)17-14-10-9-13(11-14)15(17)12-7-5-4-6-8-12/h4-10,13-15H,11H2,1-3H3. The lowest BCUT2D eigenvalue weighted by Crippen LogP contribution is -2.46. The number of hydrogen-bond donors (Lipinski definition) is 0. The number of likely N-dealkylation sites (tertiary alicyclic amines) is 1. The number of hydrogen-bond acceptors (Lipinski definition) is 1. The zero-order valence-corrected chi connectivity index (χ0v) is 10.9. The van der Waals surface area contributed by atoms with E-state index in [0.717, 1.165) is 0 Å². The molecule has 3 rings (SSSR count). The van der Waals surface area contributed by atoms with Crippen LogP contribution in [0, 0.1) is 5.92 Å². The number of fused-ring (bicyclic) bond motifs is 2. The second-order valence-corrected chi connectivity index (χ2v) is 6.29. The van der Waals surface area contributed by atoms with Gasteiger partial charge in [0, 0.05) is 17.6 Å². The zero-order chi connectivity index (χ0) is 12.0. The first-order chi connectivity index (χ1) is 8.07. The summed E-state index contributed by atoms with van der Waals surface area (Å²) in [5.41, 5.74) is 1.71. The van der Waals surface area contributed by atoms with Crippen LogP contribution in [0.1, 0.15) is 38.8 Å². The molecule has 3 unspecified atom stereocenters. The molecule has 1 fully saturated rings. The molecule has 0 amide bonds. The van der Waals surface area contributed by atoms with Gasteiger partial charge in [0.05, 0.1) is 0 Å². The van der Waals surface area contributed by atoms with E-state index in [4.69, 9.17) is 0 Å². The van der Waals surface area contributed by atoms with Crippen molar-refractivity contribution >= 4 is 0 Å². The predicted octanol–water partition coefficient (Wildman–Crippen LogP) is 3.79. The van der Waals surface area contributed by atoms with Crippen molar-refractivity contribution in [3.8, 4) is 0 Å². The maximum atomic E-state index is 2.69. The van der Waals surface area contributed by atoms with E-state index in [1.165, 1.54) is 12.0 Å². The van der Waals surface area contributed by atoms with Crippen molar-refractivity contribution in [1.82, 2.24) is 4.90 Å². The molecular weight excluding hydrogens is 206 g/mol. The molecule has 1 aliphatic heterocycles. The molecule has 0 spiro atoms. The van der Waals surface area contributed by atoms with Crippen molar-refractivity contribution in [1.29, 1.82) is 0 Å². The Morgan fingerprint density at radius 3 is 2.41 bits per heavy atom. The van der Waals surface area contributed by atoms with Crippen LogP contribution < -0.4 is 0 Å². The molecule has 1 heterocycles. The van der Waals surface area contributed by atoms with Crippen LogP contribution in [0.15, 0.2) is 42.5 Å². The SMILES string of the molecule is CC(C)(C)N1C2C=CC(C2)C1c1ccccc1. The smallest absolute Gasteiger partial charge is 0.0422 e. The molecular formula is C16H21N. The van der Waals surface area contributed by atoms with Crippen LogP contribution in [0.25, 0.3) is 0 Å². The minimum atomic E-state index is 0.241. The Kier molecular flexibility index (Phi) is 2.41. The van der Waals surface area contributed by atoms with Gasteiger partial charge in [-0.15, -0.1) is 0 Å². The topological polar surface area (TPSA) is 3.24 Å². The third-order valence-corrected chi connectivity index (χ3v) is 4.07. The van der Waals surface area contributed by atoms with E-state index in [-0.39, 0.29) is 5.54 Å². The van der Waals surface area contributed by atoms with Gasteiger partial charge in [0.15, 0.2) is 0 Å². The average Bonchev–Trinajstić information content (AvgIpc) is 2.88. The predicted molar refractivity (Wildman–Crippen MR) is 71.8 cm³/mol. The fraction of sp³-hybridized carbons (Fsp3) is 0.500. The zero-order valence-electron chi connectivity index (χ0n) is 10.9. The van der Waals surface area contributed by atoms with Gasteiger partial charge >= 0.3 is 0 Å². The summed E-state index contributed by atoms with van der Waals surface area (Å²) in [6.45, 7) is 6.99. The van der Waals surface area contributed by atoms with E-state index in [9.17, 15) is 0 Å². The molecule has 3 atom stereocenters. The molecule has 1 aromatic carbocycles. The Labute approximate surface area is 104 Å². The van der Waals surface area contributed by atoms with Crippen molar-refractivity contribution in [2.24, 2.45) is 5.92 Å². The Balaban J connectivity index is 2.01. The second kappa shape index (κ2) is 3.71. The van der Waals surface area contributed by atoms with Gasteiger partial charge in [-0.3, -0.25) is 4.90 Å². The number of benzene rings is 1. The highest BCUT2D eigenvalue weighted by Gasteiger charge is 2.47. The van der Waals surface area contributed by atoms with Gasteiger partial charge in [0.1, 0.15) is 0 Å². The molecule has 0 saturated carbocycles. The summed E-state index contributed by atoms with van der Waals surface area (Å²) < 4.78 is 0. The van der Waals surface area contributed by atoms with Crippen LogP contribution in [0.2, 0.25) is 0 Å². The minimum Gasteiger partial charge on any atom is -0.284 e. The largest absolute Gasteiger partial charge is 0.284 e. The number of nitrogens with zero attached hydrogens (tertiary/aromatic N) is 1. The van der Waals surface area contributed by atoms with Crippen LogP contribution in [-0.4, -0.2) is 16.5 Å². The first-order valence-corrected chi connectivity index (χ1v) is 6.59. The monoisotopic (exact) mass is 227 g/mol. The van der Waals surface area contributed by atoms with E-state index in [2.05, 4.69) is 68.2 Å². The summed E-state index contributed by atoms with van der Waals surface area (Å²) in [4.78, 5) is 2.69. The van der Waals surface area contributed by atoms with Crippen molar-refractivity contribution in [3.63, 3.8) is 0 Å². The highest BCUT2D eigenvalue weighted by molar-refractivity contribution is 5.29. The minimum absolute atomic E-state index is 0.241. The van der Waals surface area contributed by atoms with E-state index >= 15 is 0 Å². The van der Waals surface area contributed by atoms with E-state index < -0.39 is 0 Å². The lowest BCUT2D eigenvalue weighted by molar-refractivity contribution is 0.0823. The van der Waals surface area contributed by atoms with Crippen LogP contribution in [0.3, 0.4) is 0 Å². The van der Waals surface area contributed by atoms with Gasteiger partial charge in [0.25, 0.3) is 0 Å². The van der Waals surface area contributed by atoms with E-state index in [1.807, 2.05) is 0 Å². The molecule has 0 N–H and O–H groups in total. The molecule has 0 aromatic heterocycles. The molecule has 1 heteroatoms. The van der Waals surface area contributed by atoms with Gasteiger partial charge in [-0.2, -0.15) is 0 Å². The molecule has 1 aliphatic carbocycles. The van der Waals surface area contributed by atoms with Crippen molar-refractivity contribution in [2.45, 2.75) is 44.8 Å². The quantitative estimate of drug-likeness (QED) is 0.660. The van der Waals surface area contributed by atoms with Gasteiger partial charge in [0.2, 0.25) is 0 Å². The highest BCUT2D eigenvalue weighted by Crippen LogP contribution is 2.49. The van der Waals surface area contributed by atoms with Gasteiger partial charge in [-0.1, -0.05) is 42.5 Å². The fourth-order valence-electron chi connectivity index (χ4n) is 3.53. The molecule has 1 nitrogen and oxygen atoms in total. The van der Waals surface area contributed by atoms with Gasteiger partial charge in [-0.05, 0) is 38.7 Å². The average molecular weight is 227 g/mol. The maximum absolute atomic E-state index is 2.69. The summed E-state index contributed by atoms with van der Waals surface area (Å²) in [6, 6.07) is 12.2. The summed E-state index contributed by atoms with van der Waals surface area (Å²) in [5.74, 6) is 0.710. The Morgan fingerprint density at radius 2 is 1.76 bits per heavy atom. The second-order valence-electron chi connectivity index (χ2n) is 6.29. The first-order valence-electron chi connectivity index (χ1n) is 6.59. The Morgan fingerprint density at radius 1 is 1.06 bits per heavy atom. The highest BCUT2D eigenvalue weighted by atomic mass is 15.3. The Bertz CT molecular complexity index is 427. The molecule has 17 heavy (non-hydrogen) atoms. The molecule has 1 aromatic rings. The summed E-state index contributed by atoms with van der Waals surface area (Å²) in [7, 11) is 0. The summed E-state index contributed by atoms with van der Waals surface area (Å²) in [6.07, 6.45) is 6.12. The Hall–Kier alpha value is -1.08. The fourth-order valence-corrected chi connectivity index (χ4v) is 3.53. The van der Waals surface area contributed by atoms with Gasteiger partial charge < -0.3 is 0 Å². The molecule has 2 bridgehead atoms. The molecule has 2 aliphatic rings. The normalized spacial score (nSPS) is 32.3. The summed E-state index contributed by atoms with van der Waals surface area (Å²) in [5, 5.41) is 0. The molecule has 1 saturated heterocycles. The van der Waals surface area contributed by atoms with Crippen molar-refractivity contribution in [3.05, 3.63) is 48.0 Å². The first kappa shape index (κ1) is 11.0. The van der Waals surface area contributed by atoms with Crippen molar-refractivity contribution < 1.29 is 0 Å². The van der Waals surface area contributed by atoms with Gasteiger partial charge in [-0.25, -0.2) is 0 Å². The number of rotatable bonds is 1. The van der Waals surface area contributed by atoms with E-state index in [1.54, 1.807) is 0 Å². The molecule has 0 radical (unpaired) electrons. The maximum Gasteiger partial charge on any atom is 0.0422 e. The third-order valence-electron chi connectivity index (χ3n) is 4.07.